The van der Waals surface area contributed by atoms with Crippen LogP contribution in [0.3, 0.4) is 0 Å². The quantitative estimate of drug-likeness (QED) is 0.893. The minimum atomic E-state index is -0.473. The van der Waals surface area contributed by atoms with Crippen molar-refractivity contribution in [3.63, 3.8) is 0 Å². The van der Waals surface area contributed by atoms with Crippen LogP contribution in [-0.4, -0.2) is 23.8 Å². The maximum atomic E-state index is 10.1. The van der Waals surface area contributed by atoms with Crippen molar-refractivity contribution in [3.05, 3.63) is 28.8 Å². The molecule has 1 heterocycles. The molecule has 0 atom stereocenters. The van der Waals surface area contributed by atoms with Crippen LogP contribution >= 0.6 is 11.6 Å². The van der Waals surface area contributed by atoms with Gasteiger partial charge in [-0.25, -0.2) is 0 Å². The summed E-state index contributed by atoms with van der Waals surface area (Å²) in [4.78, 5) is 2.40. The van der Waals surface area contributed by atoms with Crippen LogP contribution in [0.2, 0.25) is 5.02 Å². The average Bonchev–Trinajstić information content (AvgIpc) is 2.82. The summed E-state index contributed by atoms with van der Waals surface area (Å²) in [5.41, 5.74) is 1.89. The summed E-state index contributed by atoms with van der Waals surface area (Å²) in [5, 5.41) is 10.9. The van der Waals surface area contributed by atoms with Crippen LogP contribution in [0.1, 0.15) is 31.2 Å². The number of nitrogens with zero attached hydrogens (tertiary/aromatic N) is 1. The first-order valence-electron chi connectivity index (χ1n) is 6.43. The van der Waals surface area contributed by atoms with Crippen LogP contribution < -0.4 is 4.90 Å². The van der Waals surface area contributed by atoms with Gasteiger partial charge >= 0.3 is 0 Å². The summed E-state index contributed by atoms with van der Waals surface area (Å²) in [5.74, 6) is 0. The summed E-state index contributed by atoms with van der Waals surface area (Å²) < 4.78 is 0. The Labute approximate surface area is 107 Å². The van der Waals surface area contributed by atoms with E-state index in [1.165, 1.54) is 18.5 Å². The minimum absolute atomic E-state index is 0.473. The van der Waals surface area contributed by atoms with E-state index < -0.39 is 5.60 Å². The fourth-order valence-electron chi connectivity index (χ4n) is 2.63. The Morgan fingerprint density at radius 3 is 2.59 bits per heavy atom. The molecule has 0 bridgehead atoms. The monoisotopic (exact) mass is 251 g/mol. The Kier molecular flexibility index (Phi) is 2.80. The highest BCUT2D eigenvalue weighted by Gasteiger charge is 2.41. The van der Waals surface area contributed by atoms with Gasteiger partial charge in [0, 0.05) is 30.2 Å². The molecule has 1 saturated carbocycles. The van der Waals surface area contributed by atoms with Gasteiger partial charge in [-0.2, -0.15) is 0 Å². The smallest absolute Gasteiger partial charge is 0.0691 e. The maximum absolute atomic E-state index is 10.1. The third kappa shape index (κ3) is 2.29. The van der Waals surface area contributed by atoms with E-state index >= 15 is 0 Å². The molecule has 0 aromatic heterocycles. The molecular formula is C14H18ClNO. The Morgan fingerprint density at radius 1 is 1.24 bits per heavy atom. The third-order valence-electron chi connectivity index (χ3n) is 3.87. The summed E-state index contributed by atoms with van der Waals surface area (Å²) in [6.45, 7) is 2.23. The first kappa shape index (κ1) is 11.4. The second kappa shape index (κ2) is 4.18. The topological polar surface area (TPSA) is 23.5 Å². The molecule has 1 N–H and O–H groups in total. The van der Waals surface area contributed by atoms with Gasteiger partial charge in [-0.15, -0.1) is 0 Å². The Morgan fingerprint density at radius 2 is 1.94 bits per heavy atom. The number of benzene rings is 1. The van der Waals surface area contributed by atoms with Crippen LogP contribution in [0, 0.1) is 0 Å². The van der Waals surface area contributed by atoms with Crippen molar-refractivity contribution in [3.8, 4) is 0 Å². The highest BCUT2D eigenvalue weighted by atomic mass is 35.5. The van der Waals surface area contributed by atoms with Crippen molar-refractivity contribution in [2.45, 2.75) is 37.7 Å². The standard InChI is InChI=1S/C14H18ClNO/c15-12-4-3-5-13(16-8-1-2-9-16)11(12)10-14(17)6-7-14/h3-5,17H,1-2,6-10H2. The predicted molar refractivity (Wildman–Crippen MR) is 70.8 cm³/mol. The van der Waals surface area contributed by atoms with Crippen molar-refractivity contribution < 1.29 is 5.11 Å². The van der Waals surface area contributed by atoms with Crippen LogP contribution in [-0.2, 0) is 6.42 Å². The molecule has 2 fully saturated rings. The zero-order chi connectivity index (χ0) is 11.9. The molecule has 0 amide bonds. The SMILES string of the molecule is OC1(Cc2c(Cl)cccc2N2CCCC2)CC1. The molecule has 1 saturated heterocycles. The Balaban J connectivity index is 1.92. The number of hydrogen-bond acceptors (Lipinski definition) is 2. The van der Waals surface area contributed by atoms with Gasteiger partial charge in [0.1, 0.15) is 0 Å². The van der Waals surface area contributed by atoms with Gasteiger partial charge in [0.05, 0.1) is 5.60 Å². The lowest BCUT2D eigenvalue weighted by atomic mass is 10.0. The van der Waals surface area contributed by atoms with E-state index in [9.17, 15) is 5.11 Å². The van der Waals surface area contributed by atoms with Crippen molar-refractivity contribution >= 4 is 17.3 Å². The first-order valence-corrected chi connectivity index (χ1v) is 6.80. The van der Waals surface area contributed by atoms with Gasteiger partial charge in [0.2, 0.25) is 0 Å². The van der Waals surface area contributed by atoms with Crippen LogP contribution in [0.5, 0.6) is 0 Å². The van der Waals surface area contributed by atoms with E-state index in [0.717, 1.165) is 36.5 Å². The molecule has 17 heavy (non-hydrogen) atoms. The van der Waals surface area contributed by atoms with Gasteiger partial charge < -0.3 is 10.0 Å². The molecule has 1 aromatic rings. The molecule has 0 radical (unpaired) electrons. The van der Waals surface area contributed by atoms with Crippen molar-refractivity contribution in [2.75, 3.05) is 18.0 Å². The normalized spacial score (nSPS) is 21.9. The molecule has 3 heteroatoms. The predicted octanol–water partition coefficient (Wildman–Crippen LogP) is 3.01. The van der Waals surface area contributed by atoms with E-state index in [1.807, 2.05) is 12.1 Å². The first-order chi connectivity index (χ1) is 8.18. The zero-order valence-electron chi connectivity index (χ0n) is 9.95. The van der Waals surface area contributed by atoms with Crippen LogP contribution in [0.25, 0.3) is 0 Å². The fourth-order valence-corrected chi connectivity index (χ4v) is 2.86. The van der Waals surface area contributed by atoms with E-state index in [4.69, 9.17) is 11.6 Å². The number of hydrogen-bond donors (Lipinski definition) is 1. The zero-order valence-corrected chi connectivity index (χ0v) is 10.7. The molecule has 0 spiro atoms. The number of anilines is 1. The maximum Gasteiger partial charge on any atom is 0.0691 e. The number of rotatable bonds is 3. The van der Waals surface area contributed by atoms with E-state index in [0.29, 0.717) is 6.42 Å². The van der Waals surface area contributed by atoms with Crippen LogP contribution in [0.15, 0.2) is 18.2 Å². The van der Waals surface area contributed by atoms with Gasteiger partial charge in [-0.05, 0) is 43.4 Å². The van der Waals surface area contributed by atoms with Crippen molar-refractivity contribution in [1.29, 1.82) is 0 Å². The summed E-state index contributed by atoms with van der Waals surface area (Å²) in [6.07, 6.45) is 5.06. The molecule has 0 unspecified atom stereocenters. The molecule has 1 aromatic carbocycles. The fraction of sp³-hybridized carbons (Fsp3) is 0.571. The van der Waals surface area contributed by atoms with Gasteiger partial charge in [-0.1, -0.05) is 17.7 Å². The van der Waals surface area contributed by atoms with Crippen molar-refractivity contribution in [1.82, 2.24) is 0 Å². The lowest BCUT2D eigenvalue weighted by molar-refractivity contribution is 0.151. The van der Waals surface area contributed by atoms with Crippen LogP contribution in [0.4, 0.5) is 5.69 Å². The third-order valence-corrected chi connectivity index (χ3v) is 4.23. The summed E-state index contributed by atoms with van der Waals surface area (Å²) in [6, 6.07) is 6.08. The minimum Gasteiger partial charge on any atom is -0.390 e. The van der Waals surface area contributed by atoms with Gasteiger partial charge in [0.25, 0.3) is 0 Å². The lowest BCUT2D eigenvalue weighted by Crippen LogP contribution is -2.21. The molecule has 1 aliphatic carbocycles. The molecule has 2 nitrogen and oxygen atoms in total. The summed E-state index contributed by atoms with van der Waals surface area (Å²) >= 11 is 6.30. The molecular weight excluding hydrogens is 234 g/mol. The van der Waals surface area contributed by atoms with E-state index in [2.05, 4.69) is 11.0 Å². The second-order valence-corrected chi connectivity index (χ2v) is 5.74. The van der Waals surface area contributed by atoms with Crippen molar-refractivity contribution in [2.24, 2.45) is 0 Å². The number of halogens is 1. The largest absolute Gasteiger partial charge is 0.390 e. The van der Waals surface area contributed by atoms with E-state index in [-0.39, 0.29) is 0 Å². The highest BCUT2D eigenvalue weighted by molar-refractivity contribution is 6.31. The molecule has 3 rings (SSSR count). The molecule has 2 aliphatic rings. The summed E-state index contributed by atoms with van der Waals surface area (Å²) in [7, 11) is 0. The molecule has 92 valence electrons. The van der Waals surface area contributed by atoms with E-state index in [1.54, 1.807) is 0 Å². The Hall–Kier alpha value is -0.730. The highest BCUT2D eigenvalue weighted by Crippen LogP contribution is 2.42. The van der Waals surface area contributed by atoms with Gasteiger partial charge in [-0.3, -0.25) is 0 Å². The lowest BCUT2D eigenvalue weighted by Gasteiger charge is -2.23. The molecule has 1 aliphatic heterocycles. The average molecular weight is 252 g/mol. The van der Waals surface area contributed by atoms with Gasteiger partial charge in [0.15, 0.2) is 0 Å². The second-order valence-electron chi connectivity index (χ2n) is 5.33. The Bertz CT molecular complexity index is 422. The number of aliphatic hydroxyl groups is 1.